The minimum Gasteiger partial charge on any atom is -0.367 e. The molecule has 3 heterocycles. The van der Waals surface area contributed by atoms with Gasteiger partial charge in [0.05, 0.1) is 11.9 Å². The zero-order valence-corrected chi connectivity index (χ0v) is 14.6. The topological polar surface area (TPSA) is 58.9 Å². The molecular formula is C16H23ClN6. The molecule has 1 N–H and O–H groups in total. The van der Waals surface area contributed by atoms with Crippen LogP contribution in [-0.4, -0.2) is 38.9 Å². The fourth-order valence-corrected chi connectivity index (χ4v) is 3.43. The van der Waals surface area contributed by atoms with Gasteiger partial charge in [-0.15, -0.1) is 0 Å². The van der Waals surface area contributed by atoms with E-state index >= 15 is 0 Å². The molecule has 0 amide bonds. The number of anilines is 2. The predicted molar refractivity (Wildman–Crippen MR) is 93.2 cm³/mol. The number of aryl methyl sites for hydroxylation is 2. The molecule has 1 aliphatic rings. The molecule has 1 atom stereocenters. The summed E-state index contributed by atoms with van der Waals surface area (Å²) < 4.78 is 1.84. The van der Waals surface area contributed by atoms with Crippen LogP contribution in [0.15, 0.2) is 12.4 Å². The lowest BCUT2D eigenvalue weighted by Crippen LogP contribution is -2.42. The number of hydrogen-bond donors (Lipinski definition) is 1. The van der Waals surface area contributed by atoms with Gasteiger partial charge >= 0.3 is 0 Å². The Kier molecular flexibility index (Phi) is 4.71. The van der Waals surface area contributed by atoms with Gasteiger partial charge in [0, 0.05) is 37.9 Å². The number of rotatable bonds is 4. The molecule has 6 nitrogen and oxygen atoms in total. The smallest absolute Gasteiger partial charge is 0.138 e. The maximum absolute atomic E-state index is 6.27. The van der Waals surface area contributed by atoms with E-state index in [-0.39, 0.29) is 0 Å². The summed E-state index contributed by atoms with van der Waals surface area (Å²) in [5, 5.41) is 8.41. The van der Waals surface area contributed by atoms with Crippen molar-refractivity contribution in [3.63, 3.8) is 0 Å². The van der Waals surface area contributed by atoms with E-state index in [0.29, 0.717) is 17.0 Å². The van der Waals surface area contributed by atoms with E-state index in [4.69, 9.17) is 11.6 Å². The minimum absolute atomic E-state index is 0.347. The lowest BCUT2D eigenvalue weighted by atomic mass is 10.0. The van der Waals surface area contributed by atoms with Gasteiger partial charge in [0.1, 0.15) is 16.8 Å². The molecule has 2 aromatic rings. The highest BCUT2D eigenvalue weighted by Gasteiger charge is 2.22. The van der Waals surface area contributed by atoms with Gasteiger partial charge in [-0.25, -0.2) is 9.97 Å². The molecule has 2 aromatic heterocycles. The van der Waals surface area contributed by atoms with Crippen LogP contribution in [0.2, 0.25) is 5.15 Å². The first kappa shape index (κ1) is 16.1. The Labute approximate surface area is 141 Å². The van der Waals surface area contributed by atoms with Crippen LogP contribution in [0.4, 0.5) is 11.5 Å². The zero-order valence-electron chi connectivity index (χ0n) is 13.9. The standard InChI is InChI=1S/C16H23ClN6/c1-4-14-15(17)19-11(2)20-16(14)21-12-6-5-7-23(9-12)13-8-18-22(3)10-13/h8,10,12H,4-7,9H2,1-3H3,(H,19,20,21). The average Bonchev–Trinajstić information content (AvgIpc) is 2.94. The quantitative estimate of drug-likeness (QED) is 0.871. The molecule has 0 bridgehead atoms. The van der Waals surface area contributed by atoms with Crippen LogP contribution in [-0.2, 0) is 13.5 Å². The molecule has 0 aliphatic carbocycles. The van der Waals surface area contributed by atoms with Gasteiger partial charge in [-0.05, 0) is 26.2 Å². The van der Waals surface area contributed by atoms with Crippen molar-refractivity contribution in [3.8, 4) is 0 Å². The minimum atomic E-state index is 0.347. The Bertz CT molecular complexity index is 683. The molecule has 1 saturated heterocycles. The molecular weight excluding hydrogens is 312 g/mol. The fourth-order valence-electron chi connectivity index (χ4n) is 3.09. The number of piperidine rings is 1. The zero-order chi connectivity index (χ0) is 16.4. The first-order valence-corrected chi connectivity index (χ1v) is 8.47. The maximum Gasteiger partial charge on any atom is 0.138 e. The Hall–Kier alpha value is -1.82. The van der Waals surface area contributed by atoms with Crippen molar-refractivity contribution in [2.24, 2.45) is 7.05 Å². The van der Waals surface area contributed by atoms with Crippen molar-refractivity contribution in [1.29, 1.82) is 0 Å². The van der Waals surface area contributed by atoms with Gasteiger partial charge < -0.3 is 10.2 Å². The van der Waals surface area contributed by atoms with E-state index in [9.17, 15) is 0 Å². The van der Waals surface area contributed by atoms with Gasteiger partial charge in [0.2, 0.25) is 0 Å². The van der Waals surface area contributed by atoms with Crippen molar-refractivity contribution in [3.05, 3.63) is 28.9 Å². The molecule has 0 radical (unpaired) electrons. The van der Waals surface area contributed by atoms with Crippen LogP contribution in [0.3, 0.4) is 0 Å². The summed E-state index contributed by atoms with van der Waals surface area (Å²) in [5.41, 5.74) is 2.17. The van der Waals surface area contributed by atoms with E-state index in [0.717, 1.165) is 43.7 Å². The van der Waals surface area contributed by atoms with E-state index in [1.54, 1.807) is 0 Å². The SMILES string of the molecule is CCc1c(Cl)nc(C)nc1NC1CCCN(c2cnn(C)c2)C1. The summed E-state index contributed by atoms with van der Waals surface area (Å²) in [6.07, 6.45) is 7.07. The summed E-state index contributed by atoms with van der Waals surface area (Å²) in [5.74, 6) is 1.58. The number of hydrogen-bond acceptors (Lipinski definition) is 5. The Morgan fingerprint density at radius 2 is 2.22 bits per heavy atom. The molecule has 0 aromatic carbocycles. The second-order valence-electron chi connectivity index (χ2n) is 6.04. The highest BCUT2D eigenvalue weighted by atomic mass is 35.5. The Morgan fingerprint density at radius 3 is 2.91 bits per heavy atom. The fraction of sp³-hybridized carbons (Fsp3) is 0.562. The van der Waals surface area contributed by atoms with Crippen molar-refractivity contribution in [1.82, 2.24) is 19.7 Å². The lowest BCUT2D eigenvalue weighted by Gasteiger charge is -2.34. The van der Waals surface area contributed by atoms with Crippen LogP contribution in [0, 0.1) is 6.92 Å². The van der Waals surface area contributed by atoms with Crippen LogP contribution in [0.1, 0.15) is 31.2 Å². The third-order valence-electron chi connectivity index (χ3n) is 4.24. The monoisotopic (exact) mass is 334 g/mol. The molecule has 0 saturated carbocycles. The summed E-state index contributed by atoms with van der Waals surface area (Å²) >= 11 is 6.27. The van der Waals surface area contributed by atoms with Crippen LogP contribution < -0.4 is 10.2 Å². The highest BCUT2D eigenvalue weighted by Crippen LogP contribution is 2.25. The van der Waals surface area contributed by atoms with Crippen LogP contribution in [0.25, 0.3) is 0 Å². The summed E-state index contributed by atoms with van der Waals surface area (Å²) in [4.78, 5) is 11.2. The summed E-state index contributed by atoms with van der Waals surface area (Å²) in [6, 6.07) is 0.347. The second kappa shape index (κ2) is 6.74. The number of halogens is 1. The first-order chi connectivity index (χ1) is 11.1. The first-order valence-electron chi connectivity index (χ1n) is 8.10. The molecule has 23 heavy (non-hydrogen) atoms. The van der Waals surface area contributed by atoms with E-state index in [2.05, 4.69) is 38.4 Å². The van der Waals surface area contributed by atoms with Crippen molar-refractivity contribution in [2.75, 3.05) is 23.3 Å². The Balaban J connectivity index is 1.75. The number of nitrogens with zero attached hydrogens (tertiary/aromatic N) is 5. The molecule has 124 valence electrons. The summed E-state index contributed by atoms with van der Waals surface area (Å²) in [7, 11) is 1.95. The summed E-state index contributed by atoms with van der Waals surface area (Å²) in [6.45, 7) is 5.96. The molecule has 1 fully saturated rings. The molecule has 1 unspecified atom stereocenters. The van der Waals surface area contributed by atoms with Crippen molar-refractivity contribution in [2.45, 2.75) is 39.2 Å². The largest absolute Gasteiger partial charge is 0.367 e. The third-order valence-corrected chi connectivity index (χ3v) is 4.55. The predicted octanol–water partition coefficient (Wildman–Crippen LogP) is 2.82. The Morgan fingerprint density at radius 1 is 1.39 bits per heavy atom. The molecule has 3 rings (SSSR count). The van der Waals surface area contributed by atoms with Crippen molar-refractivity contribution >= 4 is 23.1 Å². The lowest BCUT2D eigenvalue weighted by molar-refractivity contribution is 0.528. The van der Waals surface area contributed by atoms with E-state index in [1.807, 2.05) is 24.9 Å². The highest BCUT2D eigenvalue weighted by molar-refractivity contribution is 6.30. The molecule has 7 heteroatoms. The number of aromatic nitrogens is 4. The normalized spacial score (nSPS) is 18.3. The second-order valence-corrected chi connectivity index (χ2v) is 6.40. The van der Waals surface area contributed by atoms with Crippen LogP contribution >= 0.6 is 11.6 Å². The van der Waals surface area contributed by atoms with Gasteiger partial charge in [-0.2, -0.15) is 5.10 Å². The average molecular weight is 335 g/mol. The van der Waals surface area contributed by atoms with Crippen molar-refractivity contribution < 1.29 is 0 Å². The number of nitrogens with one attached hydrogen (secondary N) is 1. The van der Waals surface area contributed by atoms with Gasteiger partial charge in [0.25, 0.3) is 0 Å². The molecule has 1 aliphatic heterocycles. The van der Waals surface area contributed by atoms with Gasteiger partial charge in [-0.3, -0.25) is 4.68 Å². The van der Waals surface area contributed by atoms with Gasteiger partial charge in [0.15, 0.2) is 0 Å². The van der Waals surface area contributed by atoms with E-state index in [1.165, 1.54) is 5.69 Å². The molecule has 0 spiro atoms. The van der Waals surface area contributed by atoms with Crippen LogP contribution in [0.5, 0.6) is 0 Å². The maximum atomic E-state index is 6.27. The van der Waals surface area contributed by atoms with Gasteiger partial charge in [-0.1, -0.05) is 18.5 Å². The third kappa shape index (κ3) is 3.58. The van der Waals surface area contributed by atoms with E-state index < -0.39 is 0 Å².